The van der Waals surface area contributed by atoms with Gasteiger partial charge in [-0.2, -0.15) is 5.10 Å². The second-order valence-corrected chi connectivity index (χ2v) is 7.60. The molecule has 1 atom stereocenters. The maximum absolute atomic E-state index is 12.3. The lowest BCUT2D eigenvalue weighted by Crippen LogP contribution is -2.45. The van der Waals surface area contributed by atoms with Gasteiger partial charge in [0, 0.05) is 38.3 Å². The van der Waals surface area contributed by atoms with Crippen molar-refractivity contribution < 1.29 is 4.79 Å². The Morgan fingerprint density at radius 2 is 2.08 bits per heavy atom. The molecule has 6 heteroatoms. The predicted molar refractivity (Wildman–Crippen MR) is 102 cm³/mol. The SMILES string of the molecule is C[C@H](CN1CCc2ccccc2C1)NC(=O)Nc1ccnn1CC1CC1. The lowest BCUT2D eigenvalue weighted by Gasteiger charge is -2.31. The Morgan fingerprint density at radius 1 is 1.27 bits per heavy atom. The number of carbonyl (C=O) groups is 1. The molecule has 2 amide bonds. The molecular formula is C20H27N5O. The summed E-state index contributed by atoms with van der Waals surface area (Å²) in [5, 5.41) is 10.3. The van der Waals surface area contributed by atoms with E-state index < -0.39 is 0 Å². The maximum Gasteiger partial charge on any atom is 0.320 e. The van der Waals surface area contributed by atoms with Crippen LogP contribution < -0.4 is 10.6 Å². The van der Waals surface area contributed by atoms with E-state index in [4.69, 9.17) is 0 Å². The molecule has 1 aliphatic heterocycles. The zero-order valence-electron chi connectivity index (χ0n) is 15.3. The third kappa shape index (κ3) is 4.25. The summed E-state index contributed by atoms with van der Waals surface area (Å²) in [6, 6.07) is 10.4. The number of amides is 2. The zero-order chi connectivity index (χ0) is 17.9. The molecule has 2 heterocycles. The molecule has 0 saturated heterocycles. The van der Waals surface area contributed by atoms with Crippen molar-refractivity contribution in [3.8, 4) is 0 Å². The number of fused-ring (bicyclic) bond motifs is 1. The third-order valence-electron chi connectivity index (χ3n) is 5.21. The van der Waals surface area contributed by atoms with Crippen LogP contribution >= 0.6 is 0 Å². The highest BCUT2D eigenvalue weighted by atomic mass is 16.2. The Labute approximate surface area is 154 Å². The number of nitrogens with one attached hydrogen (secondary N) is 2. The van der Waals surface area contributed by atoms with E-state index in [9.17, 15) is 4.79 Å². The van der Waals surface area contributed by atoms with Crippen LogP contribution in [-0.4, -0.2) is 39.8 Å². The second-order valence-electron chi connectivity index (χ2n) is 7.60. The molecule has 4 rings (SSSR count). The first-order chi connectivity index (χ1) is 12.7. The molecule has 2 N–H and O–H groups in total. The number of anilines is 1. The van der Waals surface area contributed by atoms with Crippen LogP contribution in [0.25, 0.3) is 0 Å². The largest absolute Gasteiger partial charge is 0.334 e. The van der Waals surface area contributed by atoms with Gasteiger partial charge in [0.1, 0.15) is 5.82 Å². The van der Waals surface area contributed by atoms with E-state index in [0.717, 1.165) is 44.3 Å². The summed E-state index contributed by atoms with van der Waals surface area (Å²) in [6.45, 7) is 5.80. The van der Waals surface area contributed by atoms with Crippen molar-refractivity contribution in [1.82, 2.24) is 20.0 Å². The van der Waals surface area contributed by atoms with E-state index in [1.807, 2.05) is 10.7 Å². The number of hydrogen-bond acceptors (Lipinski definition) is 3. The first kappa shape index (κ1) is 17.1. The van der Waals surface area contributed by atoms with E-state index >= 15 is 0 Å². The highest BCUT2D eigenvalue weighted by Gasteiger charge is 2.23. The summed E-state index contributed by atoms with van der Waals surface area (Å²) < 4.78 is 1.89. The fourth-order valence-corrected chi connectivity index (χ4v) is 3.65. The summed E-state index contributed by atoms with van der Waals surface area (Å²) in [5.74, 6) is 1.49. The minimum absolute atomic E-state index is 0.0834. The topological polar surface area (TPSA) is 62.2 Å². The van der Waals surface area contributed by atoms with Gasteiger partial charge in [-0.1, -0.05) is 24.3 Å². The van der Waals surface area contributed by atoms with Gasteiger partial charge in [0.25, 0.3) is 0 Å². The molecule has 26 heavy (non-hydrogen) atoms. The molecule has 6 nitrogen and oxygen atoms in total. The van der Waals surface area contributed by atoms with Crippen molar-refractivity contribution in [2.24, 2.45) is 5.92 Å². The Bertz CT molecular complexity index is 767. The minimum Gasteiger partial charge on any atom is -0.334 e. The van der Waals surface area contributed by atoms with Crippen LogP contribution in [0.3, 0.4) is 0 Å². The number of urea groups is 1. The lowest BCUT2D eigenvalue weighted by atomic mass is 10.00. The van der Waals surface area contributed by atoms with Crippen LogP contribution in [0.2, 0.25) is 0 Å². The molecule has 1 aromatic heterocycles. The van der Waals surface area contributed by atoms with E-state index in [2.05, 4.69) is 51.8 Å². The minimum atomic E-state index is -0.160. The van der Waals surface area contributed by atoms with Gasteiger partial charge < -0.3 is 5.32 Å². The smallest absolute Gasteiger partial charge is 0.320 e. The van der Waals surface area contributed by atoms with E-state index in [0.29, 0.717) is 0 Å². The summed E-state index contributed by atoms with van der Waals surface area (Å²) in [7, 11) is 0. The first-order valence-electron chi connectivity index (χ1n) is 9.56. The third-order valence-corrected chi connectivity index (χ3v) is 5.21. The highest BCUT2D eigenvalue weighted by molar-refractivity contribution is 5.88. The van der Waals surface area contributed by atoms with Gasteiger partial charge in [0.2, 0.25) is 0 Å². The van der Waals surface area contributed by atoms with Gasteiger partial charge in [-0.15, -0.1) is 0 Å². The Kier molecular flexibility index (Phi) is 4.93. The van der Waals surface area contributed by atoms with Gasteiger partial charge in [0.05, 0.1) is 6.20 Å². The zero-order valence-corrected chi connectivity index (χ0v) is 15.3. The molecule has 2 aliphatic rings. The molecule has 1 aliphatic carbocycles. The van der Waals surface area contributed by atoms with Gasteiger partial charge in [0.15, 0.2) is 0 Å². The van der Waals surface area contributed by atoms with Crippen molar-refractivity contribution in [3.05, 3.63) is 47.7 Å². The average molecular weight is 353 g/mol. The van der Waals surface area contributed by atoms with E-state index in [1.165, 1.54) is 24.0 Å². The van der Waals surface area contributed by atoms with Crippen molar-refractivity contribution in [1.29, 1.82) is 0 Å². The average Bonchev–Trinajstić information content (AvgIpc) is 3.34. The van der Waals surface area contributed by atoms with Crippen LogP contribution in [0, 0.1) is 5.92 Å². The standard InChI is InChI=1S/C20H27N5O/c1-15(12-24-11-9-17-4-2-3-5-18(17)14-24)22-20(26)23-19-8-10-21-25(19)13-16-6-7-16/h2-5,8,10,15-16H,6-7,9,11-14H2,1H3,(H2,22,23,26)/t15-/m1/s1. The number of nitrogens with zero attached hydrogens (tertiary/aromatic N) is 3. The first-order valence-corrected chi connectivity index (χ1v) is 9.56. The molecule has 0 spiro atoms. The lowest BCUT2D eigenvalue weighted by molar-refractivity contribution is 0.221. The molecule has 0 radical (unpaired) electrons. The molecule has 1 saturated carbocycles. The van der Waals surface area contributed by atoms with Crippen molar-refractivity contribution >= 4 is 11.8 Å². The normalized spacial score (nSPS) is 18.2. The van der Waals surface area contributed by atoms with Crippen molar-refractivity contribution in [3.63, 3.8) is 0 Å². The highest BCUT2D eigenvalue weighted by Crippen LogP contribution is 2.31. The predicted octanol–water partition coefficient (Wildman–Crippen LogP) is 2.86. The molecule has 1 aromatic carbocycles. The molecule has 138 valence electrons. The number of rotatable bonds is 6. The summed E-state index contributed by atoms with van der Waals surface area (Å²) >= 11 is 0. The summed E-state index contributed by atoms with van der Waals surface area (Å²) in [4.78, 5) is 14.7. The number of aromatic nitrogens is 2. The van der Waals surface area contributed by atoms with Crippen molar-refractivity contribution in [2.45, 2.75) is 45.3 Å². The van der Waals surface area contributed by atoms with Crippen LogP contribution in [0.4, 0.5) is 10.6 Å². The molecule has 0 unspecified atom stereocenters. The second kappa shape index (κ2) is 7.50. The summed E-state index contributed by atoms with van der Waals surface area (Å²) in [6.07, 6.45) is 5.35. The number of carbonyl (C=O) groups excluding carboxylic acids is 1. The fraction of sp³-hybridized carbons (Fsp3) is 0.500. The Balaban J connectivity index is 1.26. The van der Waals surface area contributed by atoms with Gasteiger partial charge in [-0.3, -0.25) is 10.2 Å². The monoisotopic (exact) mass is 353 g/mol. The van der Waals surface area contributed by atoms with Crippen LogP contribution in [-0.2, 0) is 19.5 Å². The Morgan fingerprint density at radius 3 is 2.88 bits per heavy atom. The summed E-state index contributed by atoms with van der Waals surface area (Å²) in [5.41, 5.74) is 2.85. The quantitative estimate of drug-likeness (QED) is 0.839. The van der Waals surface area contributed by atoms with E-state index in [-0.39, 0.29) is 12.1 Å². The molecule has 1 fully saturated rings. The Hall–Kier alpha value is -2.34. The van der Waals surface area contributed by atoms with Crippen LogP contribution in [0.1, 0.15) is 30.9 Å². The van der Waals surface area contributed by atoms with E-state index in [1.54, 1.807) is 6.20 Å². The van der Waals surface area contributed by atoms with Crippen LogP contribution in [0.5, 0.6) is 0 Å². The fourth-order valence-electron chi connectivity index (χ4n) is 3.65. The molecule has 0 bridgehead atoms. The maximum atomic E-state index is 12.3. The molecule has 2 aromatic rings. The number of hydrogen-bond donors (Lipinski definition) is 2. The van der Waals surface area contributed by atoms with Crippen molar-refractivity contribution in [2.75, 3.05) is 18.4 Å². The van der Waals surface area contributed by atoms with Crippen LogP contribution in [0.15, 0.2) is 36.5 Å². The van der Waals surface area contributed by atoms with Gasteiger partial charge >= 0.3 is 6.03 Å². The number of benzene rings is 1. The van der Waals surface area contributed by atoms with Gasteiger partial charge in [-0.05, 0) is 43.2 Å². The molecular weight excluding hydrogens is 326 g/mol. The van der Waals surface area contributed by atoms with Gasteiger partial charge in [-0.25, -0.2) is 9.48 Å².